The predicted octanol–water partition coefficient (Wildman–Crippen LogP) is 3.00. The number of carbonyl (C=O) groups excluding carboxylic acids is 1. The fraction of sp³-hybridized carbons (Fsp3) is 0.235. The normalized spacial score (nSPS) is 10.7. The molecule has 6 nitrogen and oxygen atoms in total. The zero-order valence-electron chi connectivity index (χ0n) is 13.0. The molecule has 0 unspecified atom stereocenters. The second-order valence-corrected chi connectivity index (χ2v) is 5.40. The average molecular weight is 309 g/mol. The van der Waals surface area contributed by atoms with E-state index in [1.165, 1.54) is 0 Å². The topological polar surface area (TPSA) is 75.6 Å². The third-order valence-corrected chi connectivity index (χ3v) is 3.63. The Morgan fingerprint density at radius 1 is 1.30 bits per heavy atom. The van der Waals surface area contributed by atoms with Gasteiger partial charge in [0.2, 0.25) is 5.91 Å². The number of amides is 1. The predicted molar refractivity (Wildman–Crippen MR) is 88.9 cm³/mol. The Bertz CT molecular complexity index is 776. The third-order valence-electron chi connectivity index (χ3n) is 3.63. The van der Waals surface area contributed by atoms with Crippen LogP contribution in [0.1, 0.15) is 18.4 Å². The van der Waals surface area contributed by atoms with Gasteiger partial charge in [-0.3, -0.25) is 14.6 Å². The van der Waals surface area contributed by atoms with Gasteiger partial charge in [0.25, 0.3) is 0 Å². The van der Waals surface area contributed by atoms with Crippen LogP contribution in [-0.2, 0) is 11.3 Å². The lowest BCUT2D eigenvalue weighted by Crippen LogP contribution is -2.12. The molecule has 6 heteroatoms. The van der Waals surface area contributed by atoms with E-state index in [9.17, 15) is 4.79 Å². The molecule has 0 spiro atoms. The van der Waals surface area contributed by atoms with Gasteiger partial charge in [-0.05, 0) is 25.0 Å². The van der Waals surface area contributed by atoms with Crippen LogP contribution in [0.2, 0.25) is 0 Å². The van der Waals surface area contributed by atoms with E-state index in [0.29, 0.717) is 12.2 Å². The van der Waals surface area contributed by atoms with Crippen LogP contribution in [0.5, 0.6) is 0 Å². The third kappa shape index (κ3) is 3.85. The molecule has 23 heavy (non-hydrogen) atoms. The first-order valence-corrected chi connectivity index (χ1v) is 7.61. The van der Waals surface area contributed by atoms with Crippen LogP contribution in [-0.4, -0.2) is 25.9 Å². The molecular weight excluding hydrogens is 290 g/mol. The van der Waals surface area contributed by atoms with Gasteiger partial charge in [-0.15, -0.1) is 0 Å². The van der Waals surface area contributed by atoms with Gasteiger partial charge in [0, 0.05) is 37.0 Å². The molecule has 0 aliphatic heterocycles. The second-order valence-electron chi connectivity index (χ2n) is 5.40. The fourth-order valence-electron chi connectivity index (χ4n) is 2.44. The average Bonchev–Trinajstić information content (AvgIpc) is 3.20. The van der Waals surface area contributed by atoms with Crippen LogP contribution >= 0.6 is 0 Å². The summed E-state index contributed by atoms with van der Waals surface area (Å²) in [5.41, 5.74) is 3.14. The van der Waals surface area contributed by atoms with Gasteiger partial charge in [0.1, 0.15) is 0 Å². The van der Waals surface area contributed by atoms with Gasteiger partial charge >= 0.3 is 0 Å². The van der Waals surface area contributed by atoms with Crippen molar-refractivity contribution in [2.24, 2.45) is 0 Å². The van der Waals surface area contributed by atoms with Crippen molar-refractivity contribution >= 4 is 11.7 Å². The molecule has 2 N–H and O–H groups in total. The van der Waals surface area contributed by atoms with E-state index in [1.807, 2.05) is 54.2 Å². The van der Waals surface area contributed by atoms with Gasteiger partial charge < -0.3 is 5.32 Å². The number of nitrogens with one attached hydrogen (secondary N) is 2. The number of nitrogens with zero attached hydrogens (tertiary/aromatic N) is 3. The number of carbonyl (C=O) groups is 1. The fourth-order valence-corrected chi connectivity index (χ4v) is 2.44. The lowest BCUT2D eigenvalue weighted by Gasteiger charge is -2.02. The van der Waals surface area contributed by atoms with Crippen molar-refractivity contribution in [1.29, 1.82) is 0 Å². The van der Waals surface area contributed by atoms with E-state index in [4.69, 9.17) is 0 Å². The van der Waals surface area contributed by atoms with E-state index in [2.05, 4.69) is 20.6 Å². The smallest absolute Gasteiger partial charge is 0.225 e. The number of hydrogen-bond acceptors (Lipinski definition) is 3. The Morgan fingerprint density at radius 2 is 2.17 bits per heavy atom. The summed E-state index contributed by atoms with van der Waals surface area (Å²) in [7, 11) is 0. The highest BCUT2D eigenvalue weighted by Gasteiger charge is 2.08. The summed E-state index contributed by atoms with van der Waals surface area (Å²) in [6.45, 7) is 2.78. The van der Waals surface area contributed by atoms with E-state index >= 15 is 0 Å². The Balaban J connectivity index is 1.54. The molecule has 1 aromatic carbocycles. The van der Waals surface area contributed by atoms with E-state index < -0.39 is 0 Å². The minimum absolute atomic E-state index is 0.0417. The summed E-state index contributed by atoms with van der Waals surface area (Å²) in [6.07, 6.45) is 4.80. The van der Waals surface area contributed by atoms with Crippen molar-refractivity contribution in [2.45, 2.75) is 26.3 Å². The zero-order chi connectivity index (χ0) is 16.1. The first kappa shape index (κ1) is 15.0. The summed E-state index contributed by atoms with van der Waals surface area (Å²) in [5.74, 6) is 0.507. The van der Waals surface area contributed by atoms with E-state index in [0.717, 1.165) is 29.8 Å². The SMILES string of the molecule is Cc1ccccc1-c1cc(NC(=O)CCCn2cccn2)n[nH]1. The van der Waals surface area contributed by atoms with Crippen molar-refractivity contribution in [1.82, 2.24) is 20.0 Å². The summed E-state index contributed by atoms with van der Waals surface area (Å²) in [6, 6.07) is 11.8. The molecular formula is C17H19N5O. The van der Waals surface area contributed by atoms with Crippen molar-refractivity contribution in [3.63, 3.8) is 0 Å². The van der Waals surface area contributed by atoms with Crippen LogP contribution in [0.3, 0.4) is 0 Å². The Kier molecular flexibility index (Phi) is 4.52. The molecule has 0 bridgehead atoms. The molecule has 0 saturated heterocycles. The minimum Gasteiger partial charge on any atom is -0.309 e. The van der Waals surface area contributed by atoms with Crippen molar-refractivity contribution in [3.05, 3.63) is 54.4 Å². The molecule has 2 aromatic heterocycles. The van der Waals surface area contributed by atoms with Gasteiger partial charge in [-0.1, -0.05) is 24.3 Å². The van der Waals surface area contributed by atoms with Crippen molar-refractivity contribution in [2.75, 3.05) is 5.32 Å². The maximum absolute atomic E-state index is 12.0. The number of hydrogen-bond donors (Lipinski definition) is 2. The number of aryl methyl sites for hydroxylation is 2. The number of rotatable bonds is 6. The van der Waals surface area contributed by atoms with Gasteiger partial charge in [-0.2, -0.15) is 10.2 Å². The Morgan fingerprint density at radius 3 is 2.96 bits per heavy atom. The van der Waals surface area contributed by atoms with Crippen molar-refractivity contribution in [3.8, 4) is 11.3 Å². The monoisotopic (exact) mass is 309 g/mol. The summed E-state index contributed by atoms with van der Waals surface area (Å²) in [4.78, 5) is 12.0. The van der Waals surface area contributed by atoms with Crippen molar-refractivity contribution < 1.29 is 4.79 Å². The quantitative estimate of drug-likeness (QED) is 0.735. The van der Waals surface area contributed by atoms with Gasteiger partial charge in [-0.25, -0.2) is 0 Å². The van der Waals surface area contributed by atoms with E-state index in [1.54, 1.807) is 6.20 Å². The molecule has 0 radical (unpaired) electrons. The Labute approximate surface area is 134 Å². The highest BCUT2D eigenvalue weighted by molar-refractivity contribution is 5.90. The first-order chi connectivity index (χ1) is 11.2. The maximum Gasteiger partial charge on any atom is 0.225 e. The number of benzene rings is 1. The molecule has 0 aliphatic carbocycles. The van der Waals surface area contributed by atoms with Crippen LogP contribution in [0, 0.1) is 6.92 Å². The molecule has 0 saturated carbocycles. The highest BCUT2D eigenvalue weighted by atomic mass is 16.1. The largest absolute Gasteiger partial charge is 0.309 e. The standard InChI is InChI=1S/C17H19N5O/c1-13-6-2-3-7-14(13)15-12-16(21-20-15)19-17(23)8-4-10-22-11-5-9-18-22/h2-3,5-7,9,11-12H,4,8,10H2,1H3,(H2,19,20,21,23). The molecule has 0 atom stereocenters. The van der Waals surface area contributed by atoms with Crippen LogP contribution in [0.25, 0.3) is 11.3 Å². The van der Waals surface area contributed by atoms with E-state index in [-0.39, 0.29) is 5.91 Å². The maximum atomic E-state index is 12.0. The molecule has 3 rings (SSSR count). The number of aromatic amines is 1. The highest BCUT2D eigenvalue weighted by Crippen LogP contribution is 2.23. The number of anilines is 1. The summed E-state index contributed by atoms with van der Waals surface area (Å²) < 4.78 is 1.82. The van der Waals surface area contributed by atoms with Crippen LogP contribution in [0.4, 0.5) is 5.82 Å². The molecule has 0 fully saturated rings. The molecule has 1 amide bonds. The number of aromatic nitrogens is 4. The zero-order valence-corrected chi connectivity index (χ0v) is 13.0. The first-order valence-electron chi connectivity index (χ1n) is 7.61. The molecule has 3 aromatic rings. The van der Waals surface area contributed by atoms with Crippen LogP contribution < -0.4 is 5.32 Å². The molecule has 0 aliphatic rings. The van der Waals surface area contributed by atoms with Crippen LogP contribution in [0.15, 0.2) is 48.8 Å². The minimum atomic E-state index is -0.0417. The lowest BCUT2D eigenvalue weighted by atomic mass is 10.1. The Hall–Kier alpha value is -2.89. The molecule has 2 heterocycles. The van der Waals surface area contributed by atoms with Gasteiger partial charge in [0.15, 0.2) is 5.82 Å². The number of H-pyrrole nitrogens is 1. The van der Waals surface area contributed by atoms with Gasteiger partial charge in [0.05, 0.1) is 5.69 Å². The molecule has 118 valence electrons. The second kappa shape index (κ2) is 6.91. The summed E-state index contributed by atoms with van der Waals surface area (Å²) >= 11 is 0. The summed E-state index contributed by atoms with van der Waals surface area (Å²) in [5, 5.41) is 14.1. The lowest BCUT2D eigenvalue weighted by molar-refractivity contribution is -0.116.